The maximum atomic E-state index is 13.1. The Kier molecular flexibility index (Phi) is 3.62. The van der Waals surface area contributed by atoms with E-state index in [-0.39, 0.29) is 17.2 Å². The van der Waals surface area contributed by atoms with Gasteiger partial charge >= 0.3 is 5.97 Å². The molecule has 2 aromatic rings. The van der Waals surface area contributed by atoms with Gasteiger partial charge in [-0.1, -0.05) is 30.3 Å². The fraction of sp³-hybridized carbons (Fsp3) is 0. The quantitative estimate of drug-likeness (QED) is 0.497. The number of hydrogen-bond donors (Lipinski definition) is 0. The van der Waals surface area contributed by atoms with Gasteiger partial charge in [0.1, 0.15) is 5.82 Å². The van der Waals surface area contributed by atoms with E-state index in [2.05, 4.69) is 4.99 Å². The summed E-state index contributed by atoms with van der Waals surface area (Å²) < 4.78 is 18.1. The van der Waals surface area contributed by atoms with E-state index in [9.17, 15) is 14.0 Å². The molecule has 3 rings (SSSR count). The molecule has 0 N–H and O–H groups in total. The van der Waals surface area contributed by atoms with Crippen molar-refractivity contribution < 1.29 is 18.7 Å². The van der Waals surface area contributed by atoms with Crippen LogP contribution in [-0.4, -0.2) is 17.7 Å². The summed E-state index contributed by atoms with van der Waals surface area (Å²) in [6.45, 7) is 0. The second kappa shape index (κ2) is 5.73. The second-order valence-corrected chi connectivity index (χ2v) is 4.58. The van der Waals surface area contributed by atoms with Crippen LogP contribution >= 0.6 is 0 Å². The summed E-state index contributed by atoms with van der Waals surface area (Å²) in [6.07, 6.45) is 1.05. The zero-order valence-corrected chi connectivity index (χ0v) is 11.3. The van der Waals surface area contributed by atoms with E-state index >= 15 is 0 Å². The number of ketones is 1. The summed E-state index contributed by atoms with van der Waals surface area (Å²) in [6, 6.07) is 14.1. The van der Waals surface area contributed by atoms with Gasteiger partial charge < -0.3 is 4.74 Å². The number of rotatable bonds is 3. The molecule has 5 heteroatoms. The van der Waals surface area contributed by atoms with Gasteiger partial charge in [0.25, 0.3) is 0 Å². The standard InChI is InChI=1S/C17H10FNO3/c18-13-8-4-7-12(9-13)15(20)10-14-17(21)22-16(19-14)11-5-2-1-3-6-11/h1-10H. The first-order valence-electron chi connectivity index (χ1n) is 6.51. The molecule has 0 aliphatic carbocycles. The van der Waals surface area contributed by atoms with Crippen molar-refractivity contribution in [3.8, 4) is 0 Å². The van der Waals surface area contributed by atoms with E-state index < -0.39 is 17.6 Å². The monoisotopic (exact) mass is 295 g/mol. The van der Waals surface area contributed by atoms with Crippen LogP contribution in [-0.2, 0) is 9.53 Å². The SMILES string of the molecule is O=C1OC(c2ccccc2)=NC1=CC(=O)c1cccc(F)c1. The van der Waals surface area contributed by atoms with Crippen molar-refractivity contribution in [1.82, 2.24) is 0 Å². The Morgan fingerprint density at radius 1 is 1.09 bits per heavy atom. The number of ether oxygens (including phenoxy) is 1. The molecule has 0 amide bonds. The Hall–Kier alpha value is -3.08. The number of cyclic esters (lactones) is 1. The predicted octanol–water partition coefficient (Wildman–Crippen LogP) is 2.90. The molecule has 108 valence electrons. The van der Waals surface area contributed by atoms with Crippen LogP contribution in [0.2, 0.25) is 0 Å². The minimum Gasteiger partial charge on any atom is -0.402 e. The molecule has 1 aliphatic heterocycles. The van der Waals surface area contributed by atoms with Crippen molar-refractivity contribution in [2.45, 2.75) is 0 Å². The normalized spacial score (nSPS) is 15.6. The van der Waals surface area contributed by atoms with Crippen LogP contribution in [0.25, 0.3) is 0 Å². The third kappa shape index (κ3) is 2.83. The van der Waals surface area contributed by atoms with Gasteiger partial charge in [-0.2, -0.15) is 0 Å². The summed E-state index contributed by atoms with van der Waals surface area (Å²) >= 11 is 0. The van der Waals surface area contributed by atoms with Crippen LogP contribution in [0, 0.1) is 5.82 Å². The summed E-state index contributed by atoms with van der Waals surface area (Å²) in [5.74, 6) is -1.59. The Bertz CT molecular complexity index is 810. The van der Waals surface area contributed by atoms with Gasteiger partial charge in [0.2, 0.25) is 5.90 Å². The minimum atomic E-state index is -0.705. The van der Waals surface area contributed by atoms with Crippen molar-refractivity contribution in [3.63, 3.8) is 0 Å². The molecule has 0 bridgehead atoms. The molecule has 0 fully saturated rings. The Morgan fingerprint density at radius 2 is 1.86 bits per heavy atom. The highest BCUT2D eigenvalue weighted by Crippen LogP contribution is 2.17. The topological polar surface area (TPSA) is 55.7 Å². The third-order valence-corrected chi connectivity index (χ3v) is 3.02. The summed E-state index contributed by atoms with van der Waals surface area (Å²) in [4.78, 5) is 27.8. The molecule has 2 aromatic carbocycles. The van der Waals surface area contributed by atoms with E-state index in [1.54, 1.807) is 24.3 Å². The van der Waals surface area contributed by atoms with E-state index in [1.807, 2.05) is 6.07 Å². The second-order valence-electron chi connectivity index (χ2n) is 4.58. The van der Waals surface area contributed by atoms with E-state index in [0.29, 0.717) is 5.56 Å². The first-order chi connectivity index (χ1) is 10.6. The van der Waals surface area contributed by atoms with Gasteiger partial charge in [0.15, 0.2) is 11.5 Å². The van der Waals surface area contributed by atoms with E-state index in [0.717, 1.165) is 12.1 Å². The van der Waals surface area contributed by atoms with Crippen molar-refractivity contribution in [2.75, 3.05) is 0 Å². The maximum Gasteiger partial charge on any atom is 0.363 e. The van der Waals surface area contributed by atoms with Crippen LogP contribution in [0.5, 0.6) is 0 Å². The highest BCUT2D eigenvalue weighted by molar-refractivity contribution is 6.15. The van der Waals surface area contributed by atoms with Crippen molar-refractivity contribution in [1.29, 1.82) is 0 Å². The molecule has 0 atom stereocenters. The lowest BCUT2D eigenvalue weighted by Crippen LogP contribution is -2.06. The maximum absolute atomic E-state index is 13.1. The molecule has 22 heavy (non-hydrogen) atoms. The Labute approximate surface area is 125 Å². The number of nitrogens with zero attached hydrogens (tertiary/aromatic N) is 1. The molecular weight excluding hydrogens is 285 g/mol. The number of allylic oxidation sites excluding steroid dienone is 1. The highest BCUT2D eigenvalue weighted by atomic mass is 19.1. The number of halogens is 1. The molecule has 0 saturated heterocycles. The number of carbonyl (C=O) groups excluding carboxylic acids is 2. The summed E-state index contributed by atoms with van der Waals surface area (Å²) in [7, 11) is 0. The molecule has 1 aliphatic rings. The zero-order valence-electron chi connectivity index (χ0n) is 11.3. The number of esters is 1. The smallest absolute Gasteiger partial charge is 0.363 e. The first-order valence-corrected chi connectivity index (χ1v) is 6.51. The molecular formula is C17H10FNO3. The van der Waals surface area contributed by atoms with Crippen LogP contribution in [0.15, 0.2) is 71.4 Å². The van der Waals surface area contributed by atoms with Gasteiger partial charge in [0, 0.05) is 17.2 Å². The molecule has 4 nitrogen and oxygen atoms in total. The lowest BCUT2D eigenvalue weighted by atomic mass is 10.1. The van der Waals surface area contributed by atoms with Crippen molar-refractivity contribution in [2.24, 2.45) is 4.99 Å². The lowest BCUT2D eigenvalue weighted by Gasteiger charge is -1.97. The summed E-state index contributed by atoms with van der Waals surface area (Å²) in [5, 5.41) is 0. The van der Waals surface area contributed by atoms with Crippen molar-refractivity contribution in [3.05, 3.63) is 83.3 Å². The van der Waals surface area contributed by atoms with Crippen LogP contribution in [0.1, 0.15) is 15.9 Å². The Morgan fingerprint density at radius 3 is 2.59 bits per heavy atom. The third-order valence-electron chi connectivity index (χ3n) is 3.02. The average molecular weight is 295 g/mol. The van der Waals surface area contributed by atoms with Gasteiger partial charge in [-0.15, -0.1) is 0 Å². The molecule has 0 aromatic heterocycles. The molecule has 0 saturated carbocycles. The molecule has 0 unspecified atom stereocenters. The summed E-state index contributed by atoms with van der Waals surface area (Å²) in [5.41, 5.74) is 0.675. The molecule has 0 radical (unpaired) electrons. The van der Waals surface area contributed by atoms with E-state index in [1.165, 1.54) is 18.2 Å². The van der Waals surface area contributed by atoms with Gasteiger partial charge in [-0.05, 0) is 24.3 Å². The molecule has 1 heterocycles. The molecule has 0 spiro atoms. The minimum absolute atomic E-state index is 0.104. The number of aliphatic imine (C=N–C) groups is 1. The van der Waals surface area contributed by atoms with Crippen LogP contribution in [0.4, 0.5) is 4.39 Å². The first kappa shape index (κ1) is 13.9. The van der Waals surface area contributed by atoms with E-state index in [4.69, 9.17) is 4.74 Å². The zero-order chi connectivity index (χ0) is 15.5. The number of benzene rings is 2. The largest absolute Gasteiger partial charge is 0.402 e. The Balaban J connectivity index is 1.89. The van der Waals surface area contributed by atoms with Gasteiger partial charge in [-0.3, -0.25) is 4.79 Å². The van der Waals surface area contributed by atoms with Crippen LogP contribution in [0.3, 0.4) is 0 Å². The average Bonchev–Trinajstić information content (AvgIpc) is 2.89. The number of carbonyl (C=O) groups is 2. The van der Waals surface area contributed by atoms with Gasteiger partial charge in [0.05, 0.1) is 0 Å². The number of hydrogen-bond acceptors (Lipinski definition) is 4. The highest BCUT2D eigenvalue weighted by Gasteiger charge is 2.25. The fourth-order valence-corrected chi connectivity index (χ4v) is 1.96. The predicted molar refractivity (Wildman–Crippen MR) is 77.9 cm³/mol. The van der Waals surface area contributed by atoms with Crippen molar-refractivity contribution >= 4 is 17.7 Å². The fourth-order valence-electron chi connectivity index (χ4n) is 1.96. The lowest BCUT2D eigenvalue weighted by molar-refractivity contribution is -0.130. The van der Waals surface area contributed by atoms with Crippen LogP contribution < -0.4 is 0 Å². The van der Waals surface area contributed by atoms with Gasteiger partial charge in [-0.25, -0.2) is 14.2 Å².